The summed E-state index contributed by atoms with van der Waals surface area (Å²) in [5.74, 6) is 0. The Morgan fingerprint density at radius 2 is 2.27 bits per heavy atom. The van der Waals surface area contributed by atoms with Gasteiger partial charge in [0.2, 0.25) is 0 Å². The summed E-state index contributed by atoms with van der Waals surface area (Å²) in [4.78, 5) is 8.62. The van der Waals surface area contributed by atoms with Gasteiger partial charge >= 0.3 is 0 Å². The van der Waals surface area contributed by atoms with Crippen LogP contribution in [0.1, 0.15) is 5.56 Å². The summed E-state index contributed by atoms with van der Waals surface area (Å²) in [6.45, 7) is 2.08. The summed E-state index contributed by atoms with van der Waals surface area (Å²) in [7, 11) is 0. The lowest BCUT2D eigenvalue weighted by molar-refractivity contribution is 1.04. The van der Waals surface area contributed by atoms with Crippen LogP contribution in [0.3, 0.4) is 0 Å². The minimum atomic E-state index is 0.969. The summed E-state index contributed by atoms with van der Waals surface area (Å²) < 4.78 is 3.16. The van der Waals surface area contributed by atoms with Crippen molar-refractivity contribution in [2.75, 3.05) is 0 Å². The first-order valence-electron chi connectivity index (χ1n) is 4.69. The van der Waals surface area contributed by atoms with Crippen molar-refractivity contribution in [3.63, 3.8) is 0 Å². The van der Waals surface area contributed by atoms with Gasteiger partial charge in [-0.2, -0.15) is 0 Å². The molecule has 1 aromatic carbocycles. The number of imidazole rings is 1. The van der Waals surface area contributed by atoms with E-state index in [1.807, 2.05) is 10.8 Å². The zero-order valence-corrected chi connectivity index (χ0v) is 9.03. The topological polar surface area (TPSA) is 30.7 Å². The first kappa shape index (κ1) is 8.61. The van der Waals surface area contributed by atoms with Crippen LogP contribution in [0.25, 0.3) is 15.3 Å². The molecule has 0 unspecified atom stereocenters. The van der Waals surface area contributed by atoms with Crippen molar-refractivity contribution in [1.29, 1.82) is 0 Å². The SMILES string of the molecule is Cc1cccc2sc(-n3ccnc3)nc12. The quantitative estimate of drug-likeness (QED) is 0.625. The van der Waals surface area contributed by atoms with Gasteiger partial charge in [-0.3, -0.25) is 4.57 Å². The normalized spacial score (nSPS) is 11.0. The van der Waals surface area contributed by atoms with E-state index in [1.165, 1.54) is 10.3 Å². The molecule has 0 aliphatic rings. The second-order valence-corrected chi connectivity index (χ2v) is 4.40. The molecular formula is C11H9N3S. The fraction of sp³-hybridized carbons (Fsp3) is 0.0909. The number of nitrogens with zero attached hydrogens (tertiary/aromatic N) is 3. The lowest BCUT2D eigenvalue weighted by atomic mass is 10.2. The van der Waals surface area contributed by atoms with E-state index >= 15 is 0 Å². The molecule has 0 aliphatic heterocycles. The number of hydrogen-bond acceptors (Lipinski definition) is 3. The number of para-hydroxylation sites is 1. The minimum Gasteiger partial charge on any atom is -0.282 e. The van der Waals surface area contributed by atoms with E-state index in [0.717, 1.165) is 10.6 Å². The summed E-state index contributed by atoms with van der Waals surface area (Å²) >= 11 is 1.68. The van der Waals surface area contributed by atoms with Gasteiger partial charge in [0.05, 0.1) is 10.2 Å². The molecule has 0 spiro atoms. The van der Waals surface area contributed by atoms with Gasteiger partial charge in [-0.1, -0.05) is 23.5 Å². The molecule has 0 radical (unpaired) electrons. The monoisotopic (exact) mass is 215 g/mol. The predicted molar refractivity (Wildman–Crippen MR) is 61.5 cm³/mol. The lowest BCUT2D eigenvalue weighted by Gasteiger charge is -1.92. The molecule has 2 aromatic heterocycles. The van der Waals surface area contributed by atoms with E-state index < -0.39 is 0 Å². The Kier molecular flexibility index (Phi) is 1.82. The fourth-order valence-electron chi connectivity index (χ4n) is 1.56. The third-order valence-electron chi connectivity index (χ3n) is 2.33. The molecule has 4 heteroatoms. The number of aryl methyl sites for hydroxylation is 1. The van der Waals surface area contributed by atoms with Crippen molar-refractivity contribution in [1.82, 2.24) is 14.5 Å². The molecule has 0 saturated heterocycles. The van der Waals surface area contributed by atoms with Crippen LogP contribution in [0.15, 0.2) is 36.9 Å². The summed E-state index contributed by atoms with van der Waals surface area (Å²) in [5, 5.41) is 0.969. The molecule has 74 valence electrons. The van der Waals surface area contributed by atoms with E-state index in [0.29, 0.717) is 0 Å². The van der Waals surface area contributed by atoms with E-state index in [9.17, 15) is 0 Å². The van der Waals surface area contributed by atoms with Crippen LogP contribution >= 0.6 is 11.3 Å². The van der Waals surface area contributed by atoms with Gasteiger partial charge in [-0.25, -0.2) is 9.97 Å². The Labute approximate surface area is 91.0 Å². The number of thiazole rings is 1. The molecule has 0 N–H and O–H groups in total. The van der Waals surface area contributed by atoms with Crippen LogP contribution in [0.2, 0.25) is 0 Å². The van der Waals surface area contributed by atoms with Crippen molar-refractivity contribution in [3.05, 3.63) is 42.5 Å². The first-order valence-corrected chi connectivity index (χ1v) is 5.51. The van der Waals surface area contributed by atoms with Crippen molar-refractivity contribution in [2.45, 2.75) is 6.92 Å². The molecule has 0 amide bonds. The third-order valence-corrected chi connectivity index (χ3v) is 3.37. The largest absolute Gasteiger partial charge is 0.282 e. The maximum Gasteiger partial charge on any atom is 0.195 e. The summed E-state index contributed by atoms with van der Waals surface area (Å²) in [6.07, 6.45) is 5.44. The summed E-state index contributed by atoms with van der Waals surface area (Å²) in [6, 6.07) is 6.24. The zero-order chi connectivity index (χ0) is 10.3. The Hall–Kier alpha value is -1.68. The second-order valence-electron chi connectivity index (χ2n) is 3.39. The van der Waals surface area contributed by atoms with Gasteiger partial charge in [0.25, 0.3) is 0 Å². The second kappa shape index (κ2) is 3.17. The zero-order valence-electron chi connectivity index (χ0n) is 8.21. The minimum absolute atomic E-state index is 0.969. The lowest BCUT2D eigenvalue weighted by Crippen LogP contribution is -1.87. The molecule has 0 aliphatic carbocycles. The highest BCUT2D eigenvalue weighted by Crippen LogP contribution is 2.26. The van der Waals surface area contributed by atoms with Crippen molar-refractivity contribution >= 4 is 21.6 Å². The number of hydrogen-bond donors (Lipinski definition) is 0. The predicted octanol–water partition coefficient (Wildman–Crippen LogP) is 2.79. The smallest absolute Gasteiger partial charge is 0.195 e. The van der Waals surface area contributed by atoms with Gasteiger partial charge in [0.1, 0.15) is 6.33 Å². The highest BCUT2D eigenvalue weighted by molar-refractivity contribution is 7.20. The van der Waals surface area contributed by atoms with Crippen molar-refractivity contribution in [3.8, 4) is 5.13 Å². The van der Waals surface area contributed by atoms with Crippen molar-refractivity contribution in [2.24, 2.45) is 0 Å². The van der Waals surface area contributed by atoms with Crippen LogP contribution in [0, 0.1) is 6.92 Å². The molecule has 0 saturated carbocycles. The standard InChI is InChI=1S/C11H9N3S/c1-8-3-2-4-9-10(8)13-11(15-9)14-6-5-12-7-14/h2-7H,1H3. The van der Waals surface area contributed by atoms with Gasteiger partial charge in [0.15, 0.2) is 5.13 Å². The Morgan fingerprint density at radius 3 is 3.00 bits per heavy atom. The molecule has 2 heterocycles. The van der Waals surface area contributed by atoms with Gasteiger partial charge in [-0.05, 0) is 18.6 Å². The third kappa shape index (κ3) is 1.34. The maximum absolute atomic E-state index is 4.60. The van der Waals surface area contributed by atoms with Crippen LogP contribution < -0.4 is 0 Å². The van der Waals surface area contributed by atoms with Crippen molar-refractivity contribution < 1.29 is 0 Å². The fourth-order valence-corrected chi connectivity index (χ4v) is 2.55. The molecule has 0 bridgehead atoms. The Morgan fingerprint density at radius 1 is 1.33 bits per heavy atom. The van der Waals surface area contributed by atoms with Crippen LogP contribution in [0.5, 0.6) is 0 Å². The Balaban J connectivity index is 2.27. The number of benzene rings is 1. The van der Waals surface area contributed by atoms with Crippen LogP contribution in [-0.2, 0) is 0 Å². The molecule has 0 atom stereocenters. The van der Waals surface area contributed by atoms with E-state index in [1.54, 1.807) is 23.9 Å². The number of rotatable bonds is 1. The van der Waals surface area contributed by atoms with Gasteiger partial charge < -0.3 is 0 Å². The highest BCUT2D eigenvalue weighted by Gasteiger charge is 2.06. The van der Waals surface area contributed by atoms with Gasteiger partial charge in [-0.15, -0.1) is 0 Å². The number of aromatic nitrogens is 3. The van der Waals surface area contributed by atoms with Gasteiger partial charge in [0, 0.05) is 12.4 Å². The molecule has 0 fully saturated rings. The van der Waals surface area contributed by atoms with Crippen LogP contribution in [0.4, 0.5) is 0 Å². The summed E-state index contributed by atoms with van der Waals surface area (Å²) in [5.41, 5.74) is 2.31. The average molecular weight is 215 g/mol. The highest BCUT2D eigenvalue weighted by atomic mass is 32.1. The first-order chi connectivity index (χ1) is 7.34. The number of fused-ring (bicyclic) bond motifs is 1. The average Bonchev–Trinajstić information content (AvgIpc) is 2.86. The molecule has 15 heavy (non-hydrogen) atoms. The maximum atomic E-state index is 4.60. The van der Waals surface area contributed by atoms with E-state index in [2.05, 4.69) is 35.1 Å². The van der Waals surface area contributed by atoms with E-state index in [4.69, 9.17) is 0 Å². The van der Waals surface area contributed by atoms with E-state index in [-0.39, 0.29) is 0 Å². The molecule has 3 rings (SSSR count). The Bertz CT molecular complexity index is 595. The molecular weight excluding hydrogens is 206 g/mol. The van der Waals surface area contributed by atoms with Crippen LogP contribution in [-0.4, -0.2) is 14.5 Å². The molecule has 3 nitrogen and oxygen atoms in total. The molecule has 3 aromatic rings.